The van der Waals surface area contributed by atoms with Crippen LogP contribution in [0.25, 0.3) is 0 Å². The molecule has 0 bridgehead atoms. The van der Waals surface area contributed by atoms with E-state index in [2.05, 4.69) is 17.2 Å². The van der Waals surface area contributed by atoms with Crippen LogP contribution < -0.4 is 5.32 Å². The first kappa shape index (κ1) is 14.8. The van der Waals surface area contributed by atoms with Crippen LogP contribution >= 0.6 is 0 Å². The van der Waals surface area contributed by atoms with E-state index in [0.29, 0.717) is 5.69 Å². The zero-order chi connectivity index (χ0) is 14.4. The second-order valence-electron chi connectivity index (χ2n) is 5.08. The van der Waals surface area contributed by atoms with Gasteiger partial charge in [0, 0.05) is 38.6 Å². The quantitative estimate of drug-likeness (QED) is 0.896. The highest BCUT2D eigenvalue weighted by Crippen LogP contribution is 2.16. The minimum absolute atomic E-state index is 0.0136. The van der Waals surface area contributed by atoms with Gasteiger partial charge in [-0.05, 0) is 31.4 Å². The SMILES string of the molecule is CCCNc1ccnc(C(=O)N2CCC(OC)CC2)c1. The van der Waals surface area contributed by atoms with Crippen LogP contribution in [-0.2, 0) is 4.74 Å². The second-order valence-corrected chi connectivity index (χ2v) is 5.08. The average molecular weight is 277 g/mol. The van der Waals surface area contributed by atoms with Crippen molar-refractivity contribution in [3.05, 3.63) is 24.0 Å². The van der Waals surface area contributed by atoms with Gasteiger partial charge in [-0.15, -0.1) is 0 Å². The van der Waals surface area contributed by atoms with E-state index in [1.54, 1.807) is 13.3 Å². The van der Waals surface area contributed by atoms with Crippen molar-refractivity contribution >= 4 is 11.6 Å². The van der Waals surface area contributed by atoms with Crippen molar-refractivity contribution in [3.8, 4) is 0 Å². The summed E-state index contributed by atoms with van der Waals surface area (Å²) in [6.07, 6.45) is 4.82. The number of nitrogens with one attached hydrogen (secondary N) is 1. The van der Waals surface area contributed by atoms with Gasteiger partial charge < -0.3 is 15.0 Å². The van der Waals surface area contributed by atoms with E-state index in [1.807, 2.05) is 17.0 Å². The fourth-order valence-corrected chi connectivity index (χ4v) is 2.38. The zero-order valence-corrected chi connectivity index (χ0v) is 12.3. The summed E-state index contributed by atoms with van der Waals surface area (Å²) in [5.41, 5.74) is 1.47. The number of hydrogen-bond acceptors (Lipinski definition) is 4. The number of rotatable bonds is 5. The maximum atomic E-state index is 12.4. The fourth-order valence-electron chi connectivity index (χ4n) is 2.38. The van der Waals surface area contributed by atoms with Crippen LogP contribution in [-0.4, -0.2) is 48.6 Å². The number of aromatic nitrogens is 1. The monoisotopic (exact) mass is 277 g/mol. The van der Waals surface area contributed by atoms with E-state index < -0.39 is 0 Å². The number of piperidine rings is 1. The number of anilines is 1. The zero-order valence-electron chi connectivity index (χ0n) is 12.3. The van der Waals surface area contributed by atoms with Crippen molar-refractivity contribution < 1.29 is 9.53 Å². The number of methoxy groups -OCH3 is 1. The van der Waals surface area contributed by atoms with Crippen LogP contribution in [0.15, 0.2) is 18.3 Å². The minimum Gasteiger partial charge on any atom is -0.385 e. The Morgan fingerprint density at radius 3 is 2.90 bits per heavy atom. The van der Waals surface area contributed by atoms with Crippen molar-refractivity contribution in [1.82, 2.24) is 9.88 Å². The Labute approximate surface area is 120 Å². The number of nitrogens with zero attached hydrogens (tertiary/aromatic N) is 2. The summed E-state index contributed by atoms with van der Waals surface area (Å²) in [5.74, 6) is 0.0136. The Kier molecular flexibility index (Phi) is 5.35. The Morgan fingerprint density at radius 2 is 2.25 bits per heavy atom. The first-order valence-corrected chi connectivity index (χ1v) is 7.26. The van der Waals surface area contributed by atoms with Crippen LogP contribution in [0.1, 0.15) is 36.7 Å². The Balaban J connectivity index is 1.98. The maximum absolute atomic E-state index is 12.4. The van der Waals surface area contributed by atoms with Gasteiger partial charge >= 0.3 is 0 Å². The molecule has 1 aromatic rings. The summed E-state index contributed by atoms with van der Waals surface area (Å²) >= 11 is 0. The molecule has 0 saturated carbocycles. The molecule has 5 heteroatoms. The topological polar surface area (TPSA) is 54.5 Å². The Bertz CT molecular complexity index is 442. The molecule has 2 heterocycles. The van der Waals surface area contributed by atoms with Gasteiger partial charge in [-0.2, -0.15) is 0 Å². The van der Waals surface area contributed by atoms with Gasteiger partial charge in [-0.3, -0.25) is 9.78 Å². The summed E-state index contributed by atoms with van der Waals surface area (Å²) in [5, 5.41) is 3.28. The standard InChI is InChI=1S/C15H23N3O2/c1-3-7-16-12-4-8-17-14(11-12)15(19)18-9-5-13(20-2)6-10-18/h4,8,11,13H,3,5-7,9-10H2,1-2H3,(H,16,17). The molecule has 0 atom stereocenters. The Morgan fingerprint density at radius 1 is 1.50 bits per heavy atom. The van der Waals surface area contributed by atoms with E-state index in [-0.39, 0.29) is 12.0 Å². The molecule has 1 N–H and O–H groups in total. The highest BCUT2D eigenvalue weighted by Gasteiger charge is 2.24. The van der Waals surface area contributed by atoms with E-state index >= 15 is 0 Å². The first-order chi connectivity index (χ1) is 9.74. The highest BCUT2D eigenvalue weighted by molar-refractivity contribution is 5.93. The van der Waals surface area contributed by atoms with Gasteiger partial charge in [0.05, 0.1) is 6.10 Å². The van der Waals surface area contributed by atoms with Crippen molar-refractivity contribution in [2.45, 2.75) is 32.3 Å². The lowest BCUT2D eigenvalue weighted by Crippen LogP contribution is -2.40. The molecule has 1 aliphatic rings. The molecule has 1 amide bonds. The number of pyridine rings is 1. The predicted octanol–water partition coefficient (Wildman–Crippen LogP) is 2.15. The molecule has 0 aromatic carbocycles. The molecule has 1 fully saturated rings. The predicted molar refractivity (Wildman–Crippen MR) is 79.0 cm³/mol. The fraction of sp³-hybridized carbons (Fsp3) is 0.600. The first-order valence-electron chi connectivity index (χ1n) is 7.26. The Hall–Kier alpha value is -1.62. The van der Waals surface area contributed by atoms with E-state index in [9.17, 15) is 4.79 Å². The van der Waals surface area contributed by atoms with Crippen LogP contribution in [0.4, 0.5) is 5.69 Å². The molecule has 110 valence electrons. The molecule has 0 spiro atoms. The van der Waals surface area contributed by atoms with Crippen LogP contribution in [0, 0.1) is 0 Å². The third-order valence-electron chi connectivity index (χ3n) is 3.62. The number of carbonyl (C=O) groups is 1. The van der Waals surface area contributed by atoms with Gasteiger partial charge in [0.2, 0.25) is 0 Å². The molecule has 0 aliphatic carbocycles. The lowest BCUT2D eigenvalue weighted by Gasteiger charge is -2.31. The average Bonchev–Trinajstić information content (AvgIpc) is 2.52. The van der Waals surface area contributed by atoms with Crippen molar-refractivity contribution in [1.29, 1.82) is 0 Å². The summed E-state index contributed by atoms with van der Waals surface area (Å²) in [4.78, 5) is 18.5. The van der Waals surface area contributed by atoms with Gasteiger partial charge in [0.25, 0.3) is 5.91 Å². The van der Waals surface area contributed by atoms with E-state index in [4.69, 9.17) is 4.74 Å². The van der Waals surface area contributed by atoms with Gasteiger partial charge in [0.1, 0.15) is 5.69 Å². The second kappa shape index (κ2) is 7.24. The van der Waals surface area contributed by atoms with Gasteiger partial charge in [0.15, 0.2) is 0 Å². The van der Waals surface area contributed by atoms with Gasteiger partial charge in [-0.1, -0.05) is 6.92 Å². The number of hydrogen-bond donors (Lipinski definition) is 1. The summed E-state index contributed by atoms with van der Waals surface area (Å²) in [7, 11) is 1.73. The highest BCUT2D eigenvalue weighted by atomic mass is 16.5. The normalized spacial score (nSPS) is 16.2. The van der Waals surface area contributed by atoms with Crippen LogP contribution in [0.2, 0.25) is 0 Å². The third-order valence-corrected chi connectivity index (χ3v) is 3.62. The molecule has 5 nitrogen and oxygen atoms in total. The number of ether oxygens (including phenoxy) is 1. The van der Waals surface area contributed by atoms with E-state index in [1.165, 1.54) is 0 Å². The summed E-state index contributed by atoms with van der Waals surface area (Å²) in [6.45, 7) is 4.49. The summed E-state index contributed by atoms with van der Waals surface area (Å²) < 4.78 is 5.32. The number of carbonyl (C=O) groups excluding carboxylic acids is 1. The largest absolute Gasteiger partial charge is 0.385 e. The molecule has 0 radical (unpaired) electrons. The van der Waals surface area contributed by atoms with Crippen LogP contribution in [0.5, 0.6) is 0 Å². The third kappa shape index (κ3) is 3.70. The van der Waals surface area contributed by atoms with Gasteiger partial charge in [-0.25, -0.2) is 0 Å². The number of amides is 1. The molecule has 1 saturated heterocycles. The molecule has 0 unspecified atom stereocenters. The molecule has 1 aliphatic heterocycles. The molecular formula is C15H23N3O2. The van der Waals surface area contributed by atoms with Crippen molar-refractivity contribution in [2.24, 2.45) is 0 Å². The lowest BCUT2D eigenvalue weighted by molar-refractivity contribution is 0.0347. The molecule has 2 rings (SSSR count). The maximum Gasteiger partial charge on any atom is 0.272 e. The van der Waals surface area contributed by atoms with Crippen LogP contribution in [0.3, 0.4) is 0 Å². The minimum atomic E-state index is 0.0136. The molecule has 20 heavy (non-hydrogen) atoms. The van der Waals surface area contributed by atoms with Crippen molar-refractivity contribution in [3.63, 3.8) is 0 Å². The molecular weight excluding hydrogens is 254 g/mol. The smallest absolute Gasteiger partial charge is 0.272 e. The molecule has 1 aromatic heterocycles. The number of likely N-dealkylation sites (tertiary alicyclic amines) is 1. The van der Waals surface area contributed by atoms with E-state index in [0.717, 1.165) is 44.6 Å². The summed E-state index contributed by atoms with van der Waals surface area (Å²) in [6, 6.07) is 3.73. The lowest BCUT2D eigenvalue weighted by atomic mass is 10.1. The van der Waals surface area contributed by atoms with Crippen molar-refractivity contribution in [2.75, 3.05) is 32.1 Å².